The van der Waals surface area contributed by atoms with E-state index in [-0.39, 0.29) is 10.2 Å². The molecular weight excluding hydrogens is 181 g/mol. The summed E-state index contributed by atoms with van der Waals surface area (Å²) in [7, 11) is 0.0502. The Morgan fingerprint density at radius 3 is 1.60 bits per heavy atom. The standard InChI is InChI=1S/C5H10ClF3Si/c1-4(2,6)3(10)5(7,8)9/h3H,1-2,10H3/t3-/m0/s1. The molecule has 0 aromatic heterocycles. The van der Waals surface area contributed by atoms with Gasteiger partial charge < -0.3 is 0 Å². The van der Waals surface area contributed by atoms with Crippen LogP contribution in [-0.2, 0) is 0 Å². The number of hydrogen-bond donors (Lipinski definition) is 0. The number of halogens is 4. The lowest BCUT2D eigenvalue weighted by molar-refractivity contribution is -0.138. The van der Waals surface area contributed by atoms with E-state index in [1.54, 1.807) is 0 Å². The zero-order chi connectivity index (χ0) is 8.58. The monoisotopic (exact) mass is 190 g/mol. The third-order valence-corrected chi connectivity index (χ3v) is 4.31. The van der Waals surface area contributed by atoms with Gasteiger partial charge in [0.25, 0.3) is 0 Å². The first kappa shape index (κ1) is 10.3. The highest BCUT2D eigenvalue weighted by Gasteiger charge is 2.44. The first-order chi connectivity index (χ1) is 4.15. The van der Waals surface area contributed by atoms with Crippen LogP contribution >= 0.6 is 11.6 Å². The van der Waals surface area contributed by atoms with Gasteiger partial charge in [-0.1, -0.05) is 0 Å². The summed E-state index contributed by atoms with van der Waals surface area (Å²) in [6, 6.07) is 0. The van der Waals surface area contributed by atoms with E-state index >= 15 is 0 Å². The molecule has 0 saturated carbocycles. The van der Waals surface area contributed by atoms with Crippen LogP contribution in [0.1, 0.15) is 13.8 Å². The van der Waals surface area contributed by atoms with Crippen molar-refractivity contribution in [3.63, 3.8) is 0 Å². The van der Waals surface area contributed by atoms with Gasteiger partial charge in [0.2, 0.25) is 0 Å². The van der Waals surface area contributed by atoms with Gasteiger partial charge >= 0.3 is 6.18 Å². The molecule has 10 heavy (non-hydrogen) atoms. The molecule has 0 spiro atoms. The van der Waals surface area contributed by atoms with Crippen molar-refractivity contribution in [3.8, 4) is 0 Å². The summed E-state index contributed by atoms with van der Waals surface area (Å²) in [5, 5.41) is 0. The van der Waals surface area contributed by atoms with Gasteiger partial charge in [-0.3, -0.25) is 0 Å². The topological polar surface area (TPSA) is 0 Å². The molecule has 0 radical (unpaired) electrons. The zero-order valence-electron chi connectivity index (χ0n) is 6.09. The fraction of sp³-hybridized carbons (Fsp3) is 1.00. The molecule has 0 N–H and O–H groups in total. The summed E-state index contributed by atoms with van der Waals surface area (Å²) >= 11 is 5.48. The fourth-order valence-corrected chi connectivity index (χ4v) is 0.513. The summed E-state index contributed by atoms with van der Waals surface area (Å²) < 4.78 is 35.7. The molecule has 1 atom stereocenters. The predicted octanol–water partition coefficient (Wildman–Crippen LogP) is 1.72. The number of rotatable bonds is 1. The van der Waals surface area contributed by atoms with Crippen LogP contribution in [0.3, 0.4) is 0 Å². The van der Waals surface area contributed by atoms with Crippen molar-refractivity contribution in [1.29, 1.82) is 0 Å². The van der Waals surface area contributed by atoms with E-state index in [0.29, 0.717) is 0 Å². The Labute approximate surface area is 66.2 Å². The van der Waals surface area contributed by atoms with Crippen LogP contribution in [0, 0.1) is 0 Å². The van der Waals surface area contributed by atoms with Crippen molar-refractivity contribution in [2.24, 2.45) is 0 Å². The molecule has 0 saturated heterocycles. The molecule has 0 heterocycles. The quantitative estimate of drug-likeness (QED) is 0.436. The number of alkyl halides is 4. The second kappa shape index (κ2) is 2.74. The van der Waals surface area contributed by atoms with E-state index in [1.807, 2.05) is 0 Å². The SMILES string of the molecule is CC(C)(Cl)[C@H]([SiH3])C(F)(F)F. The van der Waals surface area contributed by atoms with Crippen molar-refractivity contribution in [1.82, 2.24) is 0 Å². The van der Waals surface area contributed by atoms with Crippen LogP contribution in [0.15, 0.2) is 0 Å². The van der Waals surface area contributed by atoms with E-state index < -0.39 is 16.6 Å². The van der Waals surface area contributed by atoms with Crippen molar-refractivity contribution in [3.05, 3.63) is 0 Å². The summed E-state index contributed by atoms with van der Waals surface area (Å²) in [5.74, 6) is 0. The smallest absolute Gasteiger partial charge is 0.171 e. The summed E-state index contributed by atoms with van der Waals surface area (Å²) in [6.45, 7) is 2.78. The van der Waals surface area contributed by atoms with Crippen molar-refractivity contribution in [2.75, 3.05) is 0 Å². The molecule has 0 amide bonds. The Morgan fingerprint density at radius 1 is 1.30 bits per heavy atom. The van der Waals surface area contributed by atoms with Crippen molar-refractivity contribution in [2.45, 2.75) is 30.4 Å². The summed E-state index contributed by atoms with van der Waals surface area (Å²) in [6.07, 6.45) is -4.13. The lowest BCUT2D eigenvalue weighted by atomic mass is 10.1. The van der Waals surface area contributed by atoms with Crippen LogP contribution in [0.2, 0.25) is 5.54 Å². The molecule has 0 nitrogen and oxygen atoms in total. The van der Waals surface area contributed by atoms with Crippen molar-refractivity contribution < 1.29 is 13.2 Å². The highest BCUT2D eigenvalue weighted by atomic mass is 35.5. The van der Waals surface area contributed by atoms with Crippen LogP contribution in [0.25, 0.3) is 0 Å². The van der Waals surface area contributed by atoms with E-state index in [9.17, 15) is 13.2 Å². The Kier molecular flexibility index (Phi) is 2.82. The average Bonchev–Trinajstić information content (AvgIpc) is 1.59. The van der Waals surface area contributed by atoms with Gasteiger partial charge in [0.15, 0.2) is 0 Å². The lowest BCUT2D eigenvalue weighted by Gasteiger charge is -2.26. The molecule has 0 rings (SSSR count). The van der Waals surface area contributed by atoms with Crippen LogP contribution in [0.5, 0.6) is 0 Å². The van der Waals surface area contributed by atoms with E-state index in [2.05, 4.69) is 0 Å². The Balaban J connectivity index is 4.23. The number of hydrogen-bond acceptors (Lipinski definition) is 0. The van der Waals surface area contributed by atoms with Gasteiger partial charge in [0, 0.05) is 15.1 Å². The van der Waals surface area contributed by atoms with Gasteiger partial charge in [-0.05, 0) is 13.8 Å². The van der Waals surface area contributed by atoms with Gasteiger partial charge in [-0.2, -0.15) is 13.2 Å². The van der Waals surface area contributed by atoms with Gasteiger partial charge in [0.1, 0.15) is 0 Å². The molecule has 0 unspecified atom stereocenters. The molecule has 0 aliphatic carbocycles. The minimum Gasteiger partial charge on any atom is -0.171 e. The average molecular weight is 191 g/mol. The molecule has 0 bridgehead atoms. The Morgan fingerprint density at radius 2 is 1.60 bits per heavy atom. The van der Waals surface area contributed by atoms with Crippen molar-refractivity contribution >= 4 is 21.8 Å². The Bertz CT molecular complexity index is 101. The second-order valence-corrected chi connectivity index (χ2v) is 4.96. The molecule has 0 fully saturated rings. The molecule has 62 valence electrons. The minimum atomic E-state index is -4.13. The highest BCUT2D eigenvalue weighted by molar-refractivity contribution is 6.29. The maximum absolute atomic E-state index is 11.9. The van der Waals surface area contributed by atoms with Crippen LogP contribution in [0.4, 0.5) is 13.2 Å². The fourth-order valence-electron chi connectivity index (χ4n) is 0.389. The maximum Gasteiger partial charge on any atom is 0.390 e. The second-order valence-electron chi connectivity index (χ2n) is 2.83. The third kappa shape index (κ3) is 2.92. The van der Waals surface area contributed by atoms with Crippen LogP contribution in [-0.4, -0.2) is 21.3 Å². The largest absolute Gasteiger partial charge is 0.390 e. The molecule has 0 aliphatic rings. The van der Waals surface area contributed by atoms with E-state index in [1.165, 1.54) is 13.8 Å². The molecule has 0 aromatic carbocycles. The maximum atomic E-state index is 11.9. The summed E-state index contributed by atoms with van der Waals surface area (Å²) in [4.78, 5) is -1.15. The van der Waals surface area contributed by atoms with Gasteiger partial charge in [-0.15, -0.1) is 11.6 Å². The Hall–Kier alpha value is 0.297. The molecule has 0 aliphatic heterocycles. The van der Waals surface area contributed by atoms with Gasteiger partial charge in [0.05, 0.1) is 5.54 Å². The third-order valence-electron chi connectivity index (χ3n) is 1.52. The minimum absolute atomic E-state index is 0.0502. The normalized spacial score (nSPS) is 17.4. The summed E-state index contributed by atoms with van der Waals surface area (Å²) in [5.41, 5.74) is -1.33. The van der Waals surface area contributed by atoms with Gasteiger partial charge in [-0.25, -0.2) is 0 Å². The predicted molar refractivity (Wildman–Crippen MR) is 39.7 cm³/mol. The first-order valence-corrected chi connectivity index (χ1v) is 4.44. The zero-order valence-corrected chi connectivity index (χ0v) is 8.85. The molecule has 5 heteroatoms. The first-order valence-electron chi connectivity index (χ1n) is 2.91. The lowest BCUT2D eigenvalue weighted by Crippen LogP contribution is -2.32. The van der Waals surface area contributed by atoms with Crippen LogP contribution < -0.4 is 0 Å². The molecule has 0 aromatic rings. The highest BCUT2D eigenvalue weighted by Crippen LogP contribution is 2.40. The van der Waals surface area contributed by atoms with E-state index in [0.717, 1.165) is 0 Å². The molecular formula is C5H10ClF3Si. The van der Waals surface area contributed by atoms with E-state index in [4.69, 9.17) is 11.6 Å².